The van der Waals surface area contributed by atoms with Gasteiger partial charge in [0, 0.05) is 70.4 Å². The first kappa shape index (κ1) is 26.4. The first-order valence-corrected chi connectivity index (χ1v) is 13.3. The molecular weight excluding hydrogens is 496 g/mol. The number of hydrogen-bond donors (Lipinski definition) is 1. The molecule has 4 amide bonds. The maximum atomic E-state index is 13.4. The zero-order chi connectivity index (χ0) is 27.7. The van der Waals surface area contributed by atoms with Crippen LogP contribution in [0.5, 0.6) is 0 Å². The number of aromatic nitrogens is 1. The van der Waals surface area contributed by atoms with E-state index in [1.165, 1.54) is 0 Å². The molecule has 2 fully saturated rings. The zero-order valence-electron chi connectivity index (χ0n) is 22.6. The number of nitrogens with one attached hydrogen (secondary N) is 1. The van der Waals surface area contributed by atoms with Crippen LogP contribution in [0.15, 0.2) is 54.7 Å². The molecule has 2 aliphatic heterocycles. The molecule has 2 aromatic carbocycles. The SMILES string of the molecule is C[C@@H]1CN(C(=O)c2ccccc2)CCN1C(=O)C(=O)c1c[nH]c2c(N3CCN(CCN(C)C)C3=O)cccc12.[HH]. The number of Topliss-reactive ketones (excluding diaryl/α,β-unsaturated/α-hetero) is 1. The number of urea groups is 1. The van der Waals surface area contributed by atoms with Crippen LogP contribution >= 0.6 is 0 Å². The maximum absolute atomic E-state index is 13.4. The maximum Gasteiger partial charge on any atom is 0.324 e. The Bertz CT molecular complexity index is 1410. The molecule has 3 aromatic rings. The van der Waals surface area contributed by atoms with Crippen LogP contribution < -0.4 is 4.90 Å². The number of amides is 4. The Balaban J connectivity index is 0.00000370. The van der Waals surface area contributed by atoms with E-state index in [9.17, 15) is 19.2 Å². The minimum atomic E-state index is -0.603. The van der Waals surface area contributed by atoms with Crippen LogP contribution in [0.3, 0.4) is 0 Å². The van der Waals surface area contributed by atoms with Crippen molar-refractivity contribution in [2.24, 2.45) is 0 Å². The molecule has 10 nitrogen and oxygen atoms in total. The standard InChI is InChI=1S/C29H34N6O4.H2/c1-20-19-33(27(37)21-8-5-4-6-9-21)15-16-34(20)28(38)26(36)23-18-30-25-22(23)10-7-11-24(25)35-17-14-32(29(35)39)13-12-31(2)3;/h4-11,18,20,30H,12-17,19H2,1-3H3;1H/t20-;/m1./s1. The number of para-hydroxylation sites is 1. The fraction of sp³-hybridized carbons (Fsp3) is 0.379. The van der Waals surface area contributed by atoms with Gasteiger partial charge in [0.1, 0.15) is 0 Å². The molecule has 10 heteroatoms. The van der Waals surface area contributed by atoms with E-state index >= 15 is 0 Å². The predicted molar refractivity (Wildman–Crippen MR) is 151 cm³/mol. The second-order valence-electron chi connectivity index (χ2n) is 10.4. The second kappa shape index (κ2) is 10.9. The van der Waals surface area contributed by atoms with Gasteiger partial charge >= 0.3 is 6.03 Å². The summed E-state index contributed by atoms with van der Waals surface area (Å²) in [6.07, 6.45) is 1.55. The molecule has 0 unspecified atom stereocenters. The summed E-state index contributed by atoms with van der Waals surface area (Å²) in [6, 6.07) is 14.1. The van der Waals surface area contributed by atoms with Crippen molar-refractivity contribution in [3.05, 3.63) is 65.9 Å². The summed E-state index contributed by atoms with van der Waals surface area (Å²) < 4.78 is 0. The summed E-state index contributed by atoms with van der Waals surface area (Å²) in [7, 11) is 3.95. The number of H-pyrrole nitrogens is 1. The minimum absolute atomic E-state index is 0. The number of ketones is 1. The van der Waals surface area contributed by atoms with Gasteiger partial charge in [-0.2, -0.15) is 0 Å². The molecule has 1 atom stereocenters. The lowest BCUT2D eigenvalue weighted by Gasteiger charge is -2.39. The molecule has 0 spiro atoms. The Morgan fingerprint density at radius 2 is 1.77 bits per heavy atom. The van der Waals surface area contributed by atoms with Crippen molar-refractivity contribution >= 4 is 40.2 Å². The summed E-state index contributed by atoms with van der Waals surface area (Å²) >= 11 is 0. The van der Waals surface area contributed by atoms with Crippen LogP contribution in [0.4, 0.5) is 10.5 Å². The Morgan fingerprint density at radius 3 is 2.49 bits per heavy atom. The first-order valence-electron chi connectivity index (χ1n) is 13.3. The van der Waals surface area contributed by atoms with E-state index < -0.39 is 11.7 Å². The van der Waals surface area contributed by atoms with E-state index in [0.29, 0.717) is 54.9 Å². The summed E-state index contributed by atoms with van der Waals surface area (Å²) in [5.74, 6) is -1.28. The number of nitrogens with zero attached hydrogens (tertiary/aromatic N) is 5. The average molecular weight is 533 g/mol. The number of piperazine rings is 1. The Hall–Kier alpha value is -4.18. The summed E-state index contributed by atoms with van der Waals surface area (Å²) in [4.78, 5) is 64.7. The minimum Gasteiger partial charge on any atom is -0.359 e. The number of likely N-dealkylation sites (N-methyl/N-ethyl adjacent to an activating group) is 1. The number of carbonyl (C=O) groups excluding carboxylic acids is 4. The lowest BCUT2D eigenvalue weighted by molar-refractivity contribution is -0.130. The van der Waals surface area contributed by atoms with E-state index in [-0.39, 0.29) is 31.5 Å². The van der Waals surface area contributed by atoms with Crippen LogP contribution in [0, 0.1) is 0 Å². The zero-order valence-corrected chi connectivity index (χ0v) is 22.6. The van der Waals surface area contributed by atoms with Gasteiger partial charge < -0.3 is 24.6 Å². The van der Waals surface area contributed by atoms with E-state index in [1.807, 2.05) is 55.1 Å². The van der Waals surface area contributed by atoms with Crippen LogP contribution in [-0.2, 0) is 4.79 Å². The van der Waals surface area contributed by atoms with Crippen molar-refractivity contribution < 1.29 is 20.6 Å². The number of fused-ring (bicyclic) bond motifs is 1. The quantitative estimate of drug-likeness (QED) is 0.373. The number of rotatable bonds is 7. The summed E-state index contributed by atoms with van der Waals surface area (Å²) in [5, 5.41) is 0.607. The Labute approximate surface area is 229 Å². The summed E-state index contributed by atoms with van der Waals surface area (Å²) in [5.41, 5.74) is 2.23. The molecule has 39 heavy (non-hydrogen) atoms. The van der Waals surface area contributed by atoms with Gasteiger partial charge in [0.25, 0.3) is 17.6 Å². The third-order valence-electron chi connectivity index (χ3n) is 7.53. The third kappa shape index (κ3) is 5.12. The van der Waals surface area contributed by atoms with E-state index in [4.69, 9.17) is 0 Å². The van der Waals surface area contributed by atoms with Crippen LogP contribution in [0.25, 0.3) is 10.9 Å². The van der Waals surface area contributed by atoms with Crippen molar-refractivity contribution in [3.63, 3.8) is 0 Å². The number of aromatic amines is 1. The molecule has 0 radical (unpaired) electrons. The smallest absolute Gasteiger partial charge is 0.324 e. The van der Waals surface area contributed by atoms with Gasteiger partial charge in [-0.3, -0.25) is 19.3 Å². The monoisotopic (exact) mass is 532 g/mol. The molecule has 0 saturated carbocycles. The molecule has 3 heterocycles. The van der Waals surface area contributed by atoms with Crippen LogP contribution in [0.2, 0.25) is 0 Å². The van der Waals surface area contributed by atoms with Gasteiger partial charge in [0.2, 0.25) is 0 Å². The number of carbonyl (C=O) groups is 4. The van der Waals surface area contributed by atoms with Crippen molar-refractivity contribution in [2.75, 3.05) is 64.8 Å². The highest BCUT2D eigenvalue weighted by Gasteiger charge is 2.35. The van der Waals surface area contributed by atoms with Crippen molar-refractivity contribution in [3.8, 4) is 0 Å². The van der Waals surface area contributed by atoms with Crippen LogP contribution in [0.1, 0.15) is 29.1 Å². The predicted octanol–water partition coefficient (Wildman–Crippen LogP) is 2.77. The molecule has 2 aliphatic rings. The molecule has 206 valence electrons. The highest BCUT2D eigenvalue weighted by atomic mass is 16.2. The van der Waals surface area contributed by atoms with Crippen molar-refractivity contribution in [1.82, 2.24) is 24.6 Å². The average Bonchev–Trinajstić information content (AvgIpc) is 3.54. The number of hydrogen-bond acceptors (Lipinski definition) is 5. The van der Waals surface area contributed by atoms with E-state index in [2.05, 4.69) is 4.98 Å². The van der Waals surface area contributed by atoms with Gasteiger partial charge in [0.05, 0.1) is 16.8 Å². The van der Waals surface area contributed by atoms with Gasteiger partial charge in [-0.05, 0) is 39.2 Å². The van der Waals surface area contributed by atoms with Gasteiger partial charge in [-0.1, -0.05) is 30.3 Å². The molecular formula is C29H36N6O4. The third-order valence-corrected chi connectivity index (χ3v) is 7.53. The fourth-order valence-electron chi connectivity index (χ4n) is 5.34. The lowest BCUT2D eigenvalue weighted by atomic mass is 10.1. The molecule has 5 rings (SSSR count). The topological polar surface area (TPSA) is 100 Å². The van der Waals surface area contributed by atoms with Gasteiger partial charge in [-0.15, -0.1) is 0 Å². The molecule has 1 aromatic heterocycles. The van der Waals surface area contributed by atoms with E-state index in [0.717, 1.165) is 6.54 Å². The second-order valence-corrected chi connectivity index (χ2v) is 10.4. The van der Waals surface area contributed by atoms with Gasteiger partial charge in [0.15, 0.2) is 0 Å². The van der Waals surface area contributed by atoms with Crippen molar-refractivity contribution in [2.45, 2.75) is 13.0 Å². The molecule has 2 saturated heterocycles. The normalized spacial score (nSPS) is 17.9. The van der Waals surface area contributed by atoms with E-state index in [1.54, 1.807) is 45.2 Å². The molecule has 0 aliphatic carbocycles. The molecule has 0 bridgehead atoms. The Morgan fingerprint density at radius 1 is 1.00 bits per heavy atom. The summed E-state index contributed by atoms with van der Waals surface area (Å²) in [6.45, 7) is 5.44. The first-order chi connectivity index (χ1) is 18.8. The fourth-order valence-corrected chi connectivity index (χ4v) is 5.34. The number of anilines is 1. The van der Waals surface area contributed by atoms with Crippen LogP contribution in [-0.4, -0.2) is 114 Å². The molecule has 1 N–H and O–H groups in total. The highest BCUT2D eigenvalue weighted by molar-refractivity contribution is 6.45. The number of benzene rings is 2. The van der Waals surface area contributed by atoms with Gasteiger partial charge in [-0.25, -0.2) is 4.79 Å². The lowest BCUT2D eigenvalue weighted by Crippen LogP contribution is -2.56. The Kier molecular flexibility index (Phi) is 7.38. The largest absolute Gasteiger partial charge is 0.359 e. The highest BCUT2D eigenvalue weighted by Crippen LogP contribution is 2.31. The van der Waals surface area contributed by atoms with Crippen molar-refractivity contribution in [1.29, 1.82) is 0 Å².